The second-order valence-corrected chi connectivity index (χ2v) is 8.78. The summed E-state index contributed by atoms with van der Waals surface area (Å²) in [5.41, 5.74) is 2.82. The Bertz CT molecular complexity index is 1050. The molecule has 0 radical (unpaired) electrons. The fourth-order valence-corrected chi connectivity index (χ4v) is 4.46. The van der Waals surface area contributed by atoms with Gasteiger partial charge in [0, 0.05) is 13.1 Å². The lowest BCUT2D eigenvalue weighted by Gasteiger charge is -2.19. The van der Waals surface area contributed by atoms with E-state index in [2.05, 4.69) is 15.2 Å². The molecular weight excluding hydrogens is 432 g/mol. The minimum Gasteiger partial charge on any atom is -0.369 e. The molecule has 2 aromatic rings. The Morgan fingerprint density at radius 2 is 1.93 bits per heavy atom. The summed E-state index contributed by atoms with van der Waals surface area (Å²) in [5, 5.41) is 3.99. The van der Waals surface area contributed by atoms with Crippen LogP contribution in [0.15, 0.2) is 40.2 Å². The molecule has 0 bridgehead atoms. The second kappa shape index (κ2) is 8.38. The van der Waals surface area contributed by atoms with Crippen molar-refractivity contribution in [3.8, 4) is 0 Å². The van der Waals surface area contributed by atoms with Crippen LogP contribution in [0.3, 0.4) is 0 Å². The largest absolute Gasteiger partial charge is 0.369 e. The topological polar surface area (TPSA) is 44.7 Å². The molecule has 2 aliphatic heterocycles. The monoisotopic (exact) mass is 449 g/mol. The van der Waals surface area contributed by atoms with E-state index in [-0.39, 0.29) is 11.7 Å². The first kappa shape index (κ1) is 20.3. The number of aliphatic imine (C=N–C) groups is 1. The van der Waals surface area contributed by atoms with Crippen molar-refractivity contribution in [2.75, 3.05) is 18.0 Å². The number of aryl methyl sites for hydroxylation is 1. The number of halogens is 3. The van der Waals surface area contributed by atoms with Crippen molar-refractivity contribution in [3.05, 3.63) is 62.2 Å². The third kappa shape index (κ3) is 4.44. The molecule has 2 saturated heterocycles. The number of hydrogen-bond donors (Lipinski definition) is 1. The Morgan fingerprint density at radius 1 is 1.17 bits per heavy atom. The summed E-state index contributed by atoms with van der Waals surface area (Å²) < 4.78 is 14.7. The smallest absolute Gasteiger partial charge is 0.264 e. The number of thioether (sulfide) groups is 1. The molecule has 4 nitrogen and oxygen atoms in total. The fraction of sp³-hybridized carbons (Fsp3) is 0.238. The Labute approximate surface area is 182 Å². The molecule has 0 aliphatic carbocycles. The van der Waals surface area contributed by atoms with E-state index < -0.39 is 0 Å². The number of amidine groups is 1. The lowest BCUT2D eigenvalue weighted by atomic mass is 10.1. The number of hydrogen-bond acceptors (Lipinski definition) is 4. The van der Waals surface area contributed by atoms with E-state index in [1.54, 1.807) is 24.3 Å². The zero-order chi connectivity index (χ0) is 20.5. The molecule has 4 rings (SSSR count). The molecule has 2 aliphatic rings. The second-order valence-electron chi connectivity index (χ2n) is 6.93. The van der Waals surface area contributed by atoms with Gasteiger partial charge in [-0.25, -0.2) is 9.38 Å². The lowest BCUT2D eigenvalue weighted by molar-refractivity contribution is -0.115. The quantitative estimate of drug-likeness (QED) is 0.590. The van der Waals surface area contributed by atoms with Crippen LogP contribution in [-0.4, -0.2) is 24.2 Å². The first-order chi connectivity index (χ1) is 13.9. The predicted molar refractivity (Wildman–Crippen MR) is 120 cm³/mol. The van der Waals surface area contributed by atoms with E-state index in [0.29, 0.717) is 37.1 Å². The molecule has 150 valence electrons. The van der Waals surface area contributed by atoms with Crippen LogP contribution in [0.4, 0.5) is 15.8 Å². The summed E-state index contributed by atoms with van der Waals surface area (Å²) >= 11 is 13.1. The SMILES string of the molecule is Cc1cc(N2CCCC2)c(F)cc1/C=C1\SC(=Nc2ccc(Cl)c(Cl)c2)NC1=O. The normalized spacial score (nSPS) is 19.4. The van der Waals surface area contributed by atoms with Gasteiger partial charge in [0.1, 0.15) is 5.82 Å². The summed E-state index contributed by atoms with van der Waals surface area (Å²) in [6.07, 6.45) is 3.87. The van der Waals surface area contributed by atoms with Crippen LogP contribution in [0, 0.1) is 12.7 Å². The first-order valence-electron chi connectivity index (χ1n) is 9.20. The van der Waals surface area contributed by atoms with Crippen LogP contribution in [0.5, 0.6) is 0 Å². The number of amides is 1. The molecule has 1 amide bonds. The molecule has 29 heavy (non-hydrogen) atoms. The molecule has 0 unspecified atom stereocenters. The zero-order valence-electron chi connectivity index (χ0n) is 15.6. The molecular formula is C21H18Cl2FN3OS. The summed E-state index contributed by atoms with van der Waals surface area (Å²) in [7, 11) is 0. The first-order valence-corrected chi connectivity index (χ1v) is 10.8. The Kier molecular flexibility index (Phi) is 5.86. The average molecular weight is 450 g/mol. The van der Waals surface area contributed by atoms with E-state index in [1.807, 2.05) is 13.0 Å². The standard InChI is InChI=1S/C21H18Cl2FN3OS/c1-12-8-18(27-6-2-3-7-27)17(24)9-13(12)10-19-20(28)26-21(29-19)25-14-4-5-15(22)16(23)11-14/h4-5,8-11H,2-3,6-7H2,1H3,(H,25,26,28)/b19-10-. The van der Waals surface area contributed by atoms with Crippen molar-refractivity contribution in [3.63, 3.8) is 0 Å². The van der Waals surface area contributed by atoms with Crippen molar-refractivity contribution in [1.29, 1.82) is 0 Å². The summed E-state index contributed by atoms with van der Waals surface area (Å²) in [4.78, 5) is 19.3. The molecule has 1 N–H and O–H groups in total. The van der Waals surface area contributed by atoms with Crippen molar-refractivity contribution >= 4 is 63.5 Å². The van der Waals surface area contributed by atoms with Gasteiger partial charge in [-0.2, -0.15) is 0 Å². The molecule has 2 aromatic carbocycles. The Hall–Kier alpha value is -2.02. The van der Waals surface area contributed by atoms with Gasteiger partial charge in [-0.3, -0.25) is 4.79 Å². The number of carbonyl (C=O) groups is 1. The highest BCUT2D eigenvalue weighted by Crippen LogP contribution is 2.33. The van der Waals surface area contributed by atoms with Crippen LogP contribution in [-0.2, 0) is 4.79 Å². The predicted octanol–water partition coefficient (Wildman–Crippen LogP) is 5.93. The Morgan fingerprint density at radius 3 is 2.66 bits per heavy atom. The highest BCUT2D eigenvalue weighted by molar-refractivity contribution is 8.18. The van der Waals surface area contributed by atoms with Crippen molar-refractivity contribution < 1.29 is 9.18 Å². The van der Waals surface area contributed by atoms with Crippen molar-refractivity contribution in [2.24, 2.45) is 4.99 Å². The van der Waals surface area contributed by atoms with Crippen LogP contribution >= 0.6 is 35.0 Å². The highest BCUT2D eigenvalue weighted by atomic mass is 35.5. The van der Waals surface area contributed by atoms with E-state index in [9.17, 15) is 9.18 Å². The third-order valence-corrected chi connectivity index (χ3v) is 6.50. The maximum Gasteiger partial charge on any atom is 0.264 e. The van der Waals surface area contributed by atoms with Gasteiger partial charge in [-0.15, -0.1) is 0 Å². The molecule has 0 atom stereocenters. The fourth-order valence-electron chi connectivity index (χ4n) is 3.33. The molecule has 0 aromatic heterocycles. The van der Waals surface area contributed by atoms with Gasteiger partial charge >= 0.3 is 0 Å². The maximum atomic E-state index is 14.7. The number of benzene rings is 2. The van der Waals surface area contributed by atoms with Crippen LogP contribution in [0.2, 0.25) is 10.0 Å². The van der Waals surface area contributed by atoms with E-state index in [4.69, 9.17) is 23.2 Å². The van der Waals surface area contributed by atoms with Gasteiger partial charge in [0.05, 0.1) is 26.3 Å². The molecule has 2 fully saturated rings. The number of nitrogens with zero attached hydrogens (tertiary/aromatic N) is 2. The zero-order valence-corrected chi connectivity index (χ0v) is 18.0. The van der Waals surface area contributed by atoms with Crippen LogP contribution in [0.1, 0.15) is 24.0 Å². The van der Waals surface area contributed by atoms with Gasteiger partial charge in [0.15, 0.2) is 5.17 Å². The number of nitrogens with one attached hydrogen (secondary N) is 1. The van der Waals surface area contributed by atoms with Crippen molar-refractivity contribution in [2.45, 2.75) is 19.8 Å². The van der Waals surface area contributed by atoms with Gasteiger partial charge < -0.3 is 10.2 Å². The molecule has 8 heteroatoms. The van der Waals surface area contributed by atoms with E-state index >= 15 is 0 Å². The van der Waals surface area contributed by atoms with Gasteiger partial charge in [-0.05, 0) is 79.1 Å². The van der Waals surface area contributed by atoms with Crippen LogP contribution in [0.25, 0.3) is 6.08 Å². The summed E-state index contributed by atoms with van der Waals surface area (Å²) in [5.74, 6) is -0.533. The van der Waals surface area contributed by atoms with Gasteiger partial charge in [0.2, 0.25) is 0 Å². The molecule has 2 heterocycles. The van der Waals surface area contributed by atoms with Crippen molar-refractivity contribution in [1.82, 2.24) is 5.32 Å². The number of rotatable bonds is 3. The maximum absolute atomic E-state index is 14.7. The highest BCUT2D eigenvalue weighted by Gasteiger charge is 2.25. The Balaban J connectivity index is 1.58. The minimum atomic E-state index is -0.266. The number of anilines is 1. The summed E-state index contributed by atoms with van der Waals surface area (Å²) in [6, 6.07) is 8.34. The van der Waals surface area contributed by atoms with Crippen LogP contribution < -0.4 is 10.2 Å². The van der Waals surface area contributed by atoms with E-state index in [0.717, 1.165) is 31.5 Å². The average Bonchev–Trinajstić information content (AvgIpc) is 3.31. The lowest BCUT2D eigenvalue weighted by Crippen LogP contribution is -2.19. The van der Waals surface area contributed by atoms with Gasteiger partial charge in [-0.1, -0.05) is 23.2 Å². The number of carbonyl (C=O) groups excluding carboxylic acids is 1. The van der Waals surface area contributed by atoms with E-state index in [1.165, 1.54) is 17.8 Å². The molecule has 0 saturated carbocycles. The third-order valence-electron chi connectivity index (χ3n) is 4.85. The van der Waals surface area contributed by atoms with Gasteiger partial charge in [0.25, 0.3) is 5.91 Å². The minimum absolute atomic E-state index is 0.266. The molecule has 0 spiro atoms. The summed E-state index contributed by atoms with van der Waals surface area (Å²) in [6.45, 7) is 3.68.